The van der Waals surface area contributed by atoms with Gasteiger partial charge in [0.15, 0.2) is 0 Å². The van der Waals surface area contributed by atoms with Gasteiger partial charge in [-0.05, 0) is 31.9 Å². The minimum absolute atomic E-state index is 0.0758. The summed E-state index contributed by atoms with van der Waals surface area (Å²) in [5, 5.41) is 6.28. The van der Waals surface area contributed by atoms with E-state index in [0.29, 0.717) is 6.04 Å². The van der Waals surface area contributed by atoms with Gasteiger partial charge in [-0.1, -0.05) is 37.0 Å². The third-order valence-corrected chi connectivity index (χ3v) is 4.10. The minimum atomic E-state index is 0.0758. The van der Waals surface area contributed by atoms with E-state index in [1.807, 2.05) is 31.2 Å². The first-order valence-electron chi connectivity index (χ1n) is 8.42. The molecule has 0 unspecified atom stereocenters. The fourth-order valence-corrected chi connectivity index (χ4v) is 2.74. The lowest BCUT2D eigenvalue weighted by Crippen LogP contribution is -2.36. The van der Waals surface area contributed by atoms with Crippen LogP contribution in [0.2, 0.25) is 0 Å². The number of amides is 1. The topological polar surface area (TPSA) is 50.4 Å². The lowest BCUT2D eigenvalue weighted by Gasteiger charge is -2.22. The smallest absolute Gasteiger partial charge is 0.251 e. The molecule has 1 saturated carbocycles. The van der Waals surface area contributed by atoms with Crippen molar-refractivity contribution in [2.75, 3.05) is 26.3 Å². The van der Waals surface area contributed by atoms with E-state index < -0.39 is 0 Å². The summed E-state index contributed by atoms with van der Waals surface area (Å²) in [7, 11) is 0. The van der Waals surface area contributed by atoms with Crippen molar-refractivity contribution < 1.29 is 9.53 Å². The van der Waals surface area contributed by atoms with Crippen LogP contribution in [0, 0.1) is 6.92 Å². The van der Waals surface area contributed by atoms with Crippen molar-refractivity contribution in [3.63, 3.8) is 0 Å². The number of hydrogen-bond donors (Lipinski definition) is 2. The summed E-state index contributed by atoms with van der Waals surface area (Å²) >= 11 is 0. The van der Waals surface area contributed by atoms with Crippen molar-refractivity contribution in [3.8, 4) is 0 Å². The van der Waals surface area contributed by atoms with Crippen LogP contribution in [0.5, 0.6) is 0 Å². The Morgan fingerprint density at radius 2 is 1.73 bits per heavy atom. The molecule has 1 amide bonds. The largest absolute Gasteiger partial charge is 0.379 e. The molecular weight excluding hydrogens is 276 g/mol. The SMILES string of the molecule is C1COCCN1.Cc1ccc(C(=O)NC2CCCCC2)cc1. The molecule has 2 aliphatic rings. The first-order valence-corrected chi connectivity index (χ1v) is 8.42. The predicted molar refractivity (Wildman–Crippen MR) is 89.2 cm³/mol. The molecule has 1 aromatic rings. The summed E-state index contributed by atoms with van der Waals surface area (Å²) < 4.78 is 5.01. The van der Waals surface area contributed by atoms with Gasteiger partial charge in [0.1, 0.15) is 0 Å². The van der Waals surface area contributed by atoms with Crippen LogP contribution in [0.3, 0.4) is 0 Å². The normalized spacial score (nSPS) is 19.0. The van der Waals surface area contributed by atoms with Crippen LogP contribution in [-0.4, -0.2) is 38.3 Å². The molecule has 1 aliphatic heterocycles. The van der Waals surface area contributed by atoms with Crippen molar-refractivity contribution >= 4 is 5.91 Å². The maximum atomic E-state index is 11.9. The van der Waals surface area contributed by atoms with Gasteiger partial charge in [0.2, 0.25) is 0 Å². The highest BCUT2D eigenvalue weighted by atomic mass is 16.5. The lowest BCUT2D eigenvalue weighted by atomic mass is 9.95. The number of aryl methyl sites for hydroxylation is 1. The molecule has 0 bridgehead atoms. The third kappa shape index (κ3) is 6.16. The summed E-state index contributed by atoms with van der Waals surface area (Å²) in [6.07, 6.45) is 6.09. The van der Waals surface area contributed by atoms with E-state index in [1.165, 1.54) is 24.8 Å². The van der Waals surface area contributed by atoms with Crippen molar-refractivity contribution in [2.45, 2.75) is 45.1 Å². The lowest BCUT2D eigenvalue weighted by molar-refractivity contribution is 0.0927. The molecule has 4 nitrogen and oxygen atoms in total. The van der Waals surface area contributed by atoms with Gasteiger partial charge >= 0.3 is 0 Å². The molecule has 2 fully saturated rings. The molecule has 0 atom stereocenters. The molecule has 122 valence electrons. The molecule has 3 rings (SSSR count). The number of hydrogen-bond acceptors (Lipinski definition) is 3. The zero-order valence-electron chi connectivity index (χ0n) is 13.6. The van der Waals surface area contributed by atoms with E-state index in [4.69, 9.17) is 4.74 Å². The van der Waals surface area contributed by atoms with Crippen molar-refractivity contribution in [1.82, 2.24) is 10.6 Å². The average molecular weight is 304 g/mol. The van der Waals surface area contributed by atoms with Gasteiger partial charge in [0.05, 0.1) is 13.2 Å². The van der Waals surface area contributed by atoms with Crippen molar-refractivity contribution in [3.05, 3.63) is 35.4 Å². The minimum Gasteiger partial charge on any atom is -0.379 e. The van der Waals surface area contributed by atoms with E-state index in [0.717, 1.165) is 44.7 Å². The first kappa shape index (κ1) is 17.0. The Kier molecular flexibility index (Phi) is 7.40. The Balaban J connectivity index is 0.000000246. The molecule has 1 heterocycles. The summed E-state index contributed by atoms with van der Waals surface area (Å²) in [6.45, 7) is 5.86. The van der Waals surface area contributed by atoms with Crippen LogP contribution >= 0.6 is 0 Å². The fourth-order valence-electron chi connectivity index (χ4n) is 2.74. The molecular formula is C18H28N2O2. The number of ether oxygens (including phenoxy) is 1. The molecule has 1 aromatic carbocycles. The summed E-state index contributed by atoms with van der Waals surface area (Å²) in [4.78, 5) is 11.9. The monoisotopic (exact) mass is 304 g/mol. The van der Waals surface area contributed by atoms with Crippen molar-refractivity contribution in [2.24, 2.45) is 0 Å². The van der Waals surface area contributed by atoms with E-state index in [1.54, 1.807) is 0 Å². The number of morpholine rings is 1. The van der Waals surface area contributed by atoms with Crippen LogP contribution in [0.15, 0.2) is 24.3 Å². The van der Waals surface area contributed by atoms with Gasteiger partial charge in [-0.15, -0.1) is 0 Å². The zero-order valence-corrected chi connectivity index (χ0v) is 13.6. The van der Waals surface area contributed by atoms with Gasteiger partial charge in [-0.25, -0.2) is 0 Å². The standard InChI is InChI=1S/C14H19NO.C4H9NO/c1-11-7-9-12(10-8-11)14(16)15-13-5-3-2-4-6-13;1-3-6-4-2-5-1/h7-10,13H,2-6H2,1H3,(H,15,16);5H,1-4H2. The van der Waals surface area contributed by atoms with Crippen LogP contribution in [-0.2, 0) is 4.74 Å². The second kappa shape index (κ2) is 9.59. The molecule has 1 saturated heterocycles. The highest BCUT2D eigenvalue weighted by molar-refractivity contribution is 5.94. The number of rotatable bonds is 2. The highest BCUT2D eigenvalue weighted by Gasteiger charge is 2.16. The van der Waals surface area contributed by atoms with Crippen molar-refractivity contribution in [1.29, 1.82) is 0 Å². The quantitative estimate of drug-likeness (QED) is 0.883. The zero-order chi connectivity index (χ0) is 15.6. The van der Waals surface area contributed by atoms with Crippen LogP contribution in [0.1, 0.15) is 48.0 Å². The Bertz CT molecular complexity index is 423. The third-order valence-electron chi connectivity index (χ3n) is 4.10. The van der Waals surface area contributed by atoms with Gasteiger partial charge in [-0.2, -0.15) is 0 Å². The van der Waals surface area contributed by atoms with Gasteiger partial charge in [-0.3, -0.25) is 4.79 Å². The maximum absolute atomic E-state index is 11.9. The molecule has 22 heavy (non-hydrogen) atoms. The summed E-state index contributed by atoms with van der Waals surface area (Å²) in [5.74, 6) is 0.0758. The van der Waals surface area contributed by atoms with E-state index in [-0.39, 0.29) is 5.91 Å². The fraction of sp³-hybridized carbons (Fsp3) is 0.611. The molecule has 4 heteroatoms. The van der Waals surface area contributed by atoms with Gasteiger partial charge in [0.25, 0.3) is 5.91 Å². The molecule has 2 N–H and O–H groups in total. The number of carbonyl (C=O) groups excluding carboxylic acids is 1. The van der Waals surface area contributed by atoms with E-state index in [2.05, 4.69) is 10.6 Å². The Hall–Kier alpha value is -1.39. The van der Waals surface area contributed by atoms with Gasteiger partial charge in [0, 0.05) is 24.7 Å². The average Bonchev–Trinajstić information content (AvgIpc) is 2.58. The Morgan fingerprint density at radius 3 is 2.23 bits per heavy atom. The Morgan fingerprint density at radius 1 is 1.09 bits per heavy atom. The number of benzene rings is 1. The van der Waals surface area contributed by atoms with E-state index in [9.17, 15) is 4.79 Å². The van der Waals surface area contributed by atoms with Crippen LogP contribution in [0.4, 0.5) is 0 Å². The summed E-state index contributed by atoms with van der Waals surface area (Å²) in [6, 6.07) is 8.15. The van der Waals surface area contributed by atoms with Crippen LogP contribution in [0.25, 0.3) is 0 Å². The summed E-state index contributed by atoms with van der Waals surface area (Å²) in [5.41, 5.74) is 1.96. The molecule has 0 aromatic heterocycles. The molecule has 1 aliphatic carbocycles. The van der Waals surface area contributed by atoms with E-state index >= 15 is 0 Å². The number of nitrogens with one attached hydrogen (secondary N) is 2. The highest BCUT2D eigenvalue weighted by Crippen LogP contribution is 2.17. The maximum Gasteiger partial charge on any atom is 0.251 e. The second-order valence-electron chi connectivity index (χ2n) is 6.04. The van der Waals surface area contributed by atoms with Crippen LogP contribution < -0.4 is 10.6 Å². The van der Waals surface area contributed by atoms with Gasteiger partial charge < -0.3 is 15.4 Å². The number of carbonyl (C=O) groups is 1. The molecule has 0 radical (unpaired) electrons. The first-order chi connectivity index (χ1) is 10.8. The Labute approximate surface area is 133 Å². The second-order valence-corrected chi connectivity index (χ2v) is 6.04. The predicted octanol–water partition coefficient (Wildman–Crippen LogP) is 2.66. The molecule has 0 spiro atoms.